The van der Waals surface area contributed by atoms with Gasteiger partial charge in [0, 0.05) is 94.9 Å². The molecule has 3 aromatic carbocycles. The number of fused-ring (bicyclic) bond motifs is 2. The van der Waals surface area contributed by atoms with Crippen LogP contribution in [-0.4, -0.2) is 123 Å². The number of hydrogen-bond acceptors (Lipinski definition) is 16. The average molecular weight is 1140 g/mol. The highest BCUT2D eigenvalue weighted by Gasteiger charge is 2.50. The van der Waals surface area contributed by atoms with Crippen LogP contribution in [0.15, 0.2) is 90.2 Å². The molecular formula is C62H74FN10O8S-. The number of carbonyl (C=O) groups is 1. The zero-order chi connectivity index (χ0) is 56.9. The summed E-state index contributed by atoms with van der Waals surface area (Å²) in [5.41, 5.74) is 5.65. The largest absolute Gasteiger partial charge is 0.758 e. The van der Waals surface area contributed by atoms with Gasteiger partial charge in [-0.2, -0.15) is 0 Å². The van der Waals surface area contributed by atoms with Gasteiger partial charge in [-0.3, -0.25) is 14.6 Å². The van der Waals surface area contributed by atoms with Crippen LogP contribution >= 0.6 is 0 Å². The fraction of sp³-hybridized carbons (Fsp3) is 0.484. The number of anilines is 3. The summed E-state index contributed by atoms with van der Waals surface area (Å²) in [4.78, 5) is 38.5. The van der Waals surface area contributed by atoms with E-state index in [2.05, 4.69) is 89.9 Å². The number of sulfonamides is 1. The van der Waals surface area contributed by atoms with Crippen molar-refractivity contribution in [2.45, 2.75) is 114 Å². The number of pyridine rings is 2. The normalized spacial score (nSPS) is 21.6. The van der Waals surface area contributed by atoms with Crippen molar-refractivity contribution in [3.63, 3.8) is 0 Å². The Hall–Kier alpha value is -6.84. The van der Waals surface area contributed by atoms with E-state index in [1.165, 1.54) is 61.6 Å². The molecule has 3 aliphatic carbocycles. The number of piperazine rings is 1. The molecule has 82 heavy (non-hydrogen) atoms. The maximum absolute atomic E-state index is 15.1. The molecule has 6 heterocycles. The maximum Gasteiger partial charge on any atom is 0.270 e. The standard InChI is InChI=1S/C62H74FN10O8S/c1-38(2)45-8-6-7-9-46(45)52-36-71(35-39-10-14-44(78-4)15-11-39)24-25-73(52)43-32-62(33-43)20-22-72(23-21-62)56-31-53(81-54-29-47-49(63)16-17-50(47)68-61(54)79-5)48(34-64-56)60(74)69-82(76,77)55-30-51(70(3)75)57(59-58(55)65-37-66-59)67-42-13-12-41(28-42)40-18-26-80-27-19-40/h6-11,14-16,29-31,34,37-38,40-43,52,67H,12-13,17-28,32-33,35-36H2,1-5H3,(H,65,66)(H,69,74)/q-1/t41?,42?,52-/m0/s1. The van der Waals surface area contributed by atoms with Gasteiger partial charge in [-0.05, 0) is 135 Å². The molecule has 0 bridgehead atoms. The van der Waals surface area contributed by atoms with Crippen molar-refractivity contribution in [1.29, 1.82) is 0 Å². The molecule has 5 fully saturated rings. The number of aromatic amines is 1. The predicted molar refractivity (Wildman–Crippen MR) is 314 cm³/mol. The van der Waals surface area contributed by atoms with E-state index in [0.29, 0.717) is 64.7 Å². The van der Waals surface area contributed by atoms with Crippen molar-refractivity contribution in [3.8, 4) is 23.1 Å². The lowest BCUT2D eigenvalue weighted by Crippen LogP contribution is -2.60. The summed E-state index contributed by atoms with van der Waals surface area (Å²) in [6.45, 7) is 11.3. The molecule has 2 unspecified atom stereocenters. The second-order valence-corrected chi connectivity index (χ2v) is 25.4. The Balaban J connectivity index is 0.776. The summed E-state index contributed by atoms with van der Waals surface area (Å²) in [6, 6.07) is 22.5. The van der Waals surface area contributed by atoms with E-state index in [1.807, 2.05) is 12.1 Å². The van der Waals surface area contributed by atoms with E-state index < -0.39 is 21.8 Å². The highest BCUT2D eigenvalue weighted by atomic mass is 32.2. The molecule has 434 valence electrons. The van der Waals surface area contributed by atoms with Crippen LogP contribution in [0.1, 0.15) is 122 Å². The number of H-pyrrole nitrogens is 1. The fourth-order valence-corrected chi connectivity index (χ4v) is 15.2. The molecule has 0 radical (unpaired) electrons. The monoisotopic (exact) mass is 1140 g/mol. The van der Waals surface area contributed by atoms with Gasteiger partial charge >= 0.3 is 0 Å². The number of benzene rings is 3. The smallest absolute Gasteiger partial charge is 0.270 e. The zero-order valence-electron chi connectivity index (χ0n) is 47.5. The lowest BCUT2D eigenvalue weighted by molar-refractivity contribution is -0.0628. The second kappa shape index (κ2) is 23.1. The summed E-state index contributed by atoms with van der Waals surface area (Å²) in [6.07, 6.45) is 13.4. The Bertz CT molecular complexity index is 3460. The van der Waals surface area contributed by atoms with Gasteiger partial charge in [0.15, 0.2) is 5.75 Å². The van der Waals surface area contributed by atoms with Crippen LogP contribution in [0, 0.1) is 22.5 Å². The summed E-state index contributed by atoms with van der Waals surface area (Å²) in [7, 11) is -0.302. The lowest BCUT2D eigenvalue weighted by atomic mass is 9.59. The van der Waals surface area contributed by atoms with Gasteiger partial charge in [0.1, 0.15) is 39.1 Å². The van der Waals surface area contributed by atoms with Crippen molar-refractivity contribution in [3.05, 3.63) is 124 Å². The number of halogens is 1. The van der Waals surface area contributed by atoms with Crippen molar-refractivity contribution in [2.75, 3.05) is 82.5 Å². The van der Waals surface area contributed by atoms with Crippen LogP contribution in [0.5, 0.6) is 23.1 Å². The number of piperidine rings is 1. The van der Waals surface area contributed by atoms with Crippen LogP contribution in [-0.2, 0) is 27.7 Å². The number of methoxy groups -OCH3 is 2. The molecule has 2 saturated carbocycles. The number of hydroxylamine groups is 1. The maximum atomic E-state index is 15.1. The number of rotatable bonds is 17. The highest BCUT2D eigenvalue weighted by molar-refractivity contribution is 7.90. The number of imidazole rings is 1. The molecule has 1 spiro atoms. The van der Waals surface area contributed by atoms with Crippen molar-refractivity contribution >= 4 is 50.0 Å². The van der Waals surface area contributed by atoms with Gasteiger partial charge in [0.2, 0.25) is 0 Å². The topological polar surface area (TPSA) is 203 Å². The number of aromatic nitrogens is 4. The van der Waals surface area contributed by atoms with Gasteiger partial charge in [-0.25, -0.2) is 32.5 Å². The third-order valence-electron chi connectivity index (χ3n) is 18.5. The molecule has 1 amide bonds. The summed E-state index contributed by atoms with van der Waals surface area (Å²) in [5.74, 6) is 1.43. The first-order valence-corrected chi connectivity index (χ1v) is 30.5. The Kier molecular flexibility index (Phi) is 15.7. The van der Waals surface area contributed by atoms with E-state index in [9.17, 15) is 18.4 Å². The molecule has 3 aliphatic heterocycles. The lowest BCUT2D eigenvalue weighted by Gasteiger charge is -2.58. The molecule has 20 heteroatoms. The summed E-state index contributed by atoms with van der Waals surface area (Å²) in [5, 5.41) is 17.5. The van der Waals surface area contributed by atoms with Gasteiger partial charge < -0.3 is 44.4 Å². The Labute approximate surface area is 479 Å². The number of nitrogens with zero attached hydrogens (tertiary/aromatic N) is 7. The van der Waals surface area contributed by atoms with E-state index >= 15 is 4.39 Å². The molecule has 3 atom stereocenters. The molecule has 3 N–H and O–H groups in total. The van der Waals surface area contributed by atoms with E-state index in [-0.39, 0.29) is 68.5 Å². The zero-order valence-corrected chi connectivity index (χ0v) is 48.3. The Morgan fingerprint density at radius 1 is 0.951 bits per heavy atom. The van der Waals surface area contributed by atoms with Gasteiger partial charge in [0.05, 0.1) is 43.1 Å². The quantitative estimate of drug-likeness (QED) is 0.0727. The summed E-state index contributed by atoms with van der Waals surface area (Å²) < 4.78 is 69.7. The van der Waals surface area contributed by atoms with Crippen molar-refractivity contribution in [2.24, 2.45) is 17.3 Å². The first kappa shape index (κ1) is 55.7. The molecule has 6 aliphatic rings. The average Bonchev–Trinajstić information content (AvgIpc) is 4.36. The van der Waals surface area contributed by atoms with E-state index in [0.717, 1.165) is 103 Å². The Morgan fingerprint density at radius 3 is 2.48 bits per heavy atom. The first-order valence-electron chi connectivity index (χ1n) is 29.1. The van der Waals surface area contributed by atoms with Gasteiger partial charge in [-0.1, -0.05) is 50.2 Å². The number of hydrogen-bond donors (Lipinski definition) is 3. The third-order valence-corrected chi connectivity index (χ3v) is 19.9. The number of allylic oxidation sites excluding steroid dienone is 1. The molecule has 6 aromatic rings. The molecule has 3 aromatic heterocycles. The fourth-order valence-electron chi connectivity index (χ4n) is 14.1. The van der Waals surface area contributed by atoms with Gasteiger partial charge in [-0.15, -0.1) is 0 Å². The van der Waals surface area contributed by atoms with E-state index in [4.69, 9.17) is 23.9 Å². The van der Waals surface area contributed by atoms with Gasteiger partial charge in [0.25, 0.3) is 21.8 Å². The van der Waals surface area contributed by atoms with Crippen LogP contribution in [0.4, 0.5) is 21.6 Å². The number of nitrogens with one attached hydrogen (secondary N) is 3. The minimum Gasteiger partial charge on any atom is -0.758 e. The van der Waals surface area contributed by atoms with Crippen LogP contribution in [0.3, 0.4) is 0 Å². The number of ether oxygens (including phenoxy) is 4. The summed E-state index contributed by atoms with van der Waals surface area (Å²) >= 11 is 0. The molecule has 3 saturated heterocycles. The first-order chi connectivity index (χ1) is 39.7. The van der Waals surface area contributed by atoms with Crippen molar-refractivity contribution < 1.29 is 36.6 Å². The molecule has 12 rings (SSSR count). The minimum atomic E-state index is -4.73. The number of amides is 1. The van der Waals surface area contributed by atoms with Crippen LogP contribution < -0.4 is 34.2 Å². The molecular weight excluding hydrogens is 1060 g/mol. The predicted octanol–water partition coefficient (Wildman–Crippen LogP) is 10.5. The van der Waals surface area contributed by atoms with E-state index in [1.54, 1.807) is 13.2 Å². The Morgan fingerprint density at radius 2 is 1.73 bits per heavy atom. The van der Waals surface area contributed by atoms with Crippen molar-refractivity contribution in [1.82, 2.24) is 34.5 Å². The minimum absolute atomic E-state index is 0.0283. The highest BCUT2D eigenvalue weighted by Crippen LogP contribution is 2.54. The third kappa shape index (κ3) is 11.1. The number of carbonyl (C=O) groups excluding carboxylic acids is 1. The SMILES string of the molecule is COc1ccc(CN2CCN(C3CC4(CCN(c5cc(Oc6cc7c(nc6OC)CC=C7F)c(C(=O)NS(=O)(=O)c6cc(N(C)[O-])c(NC7CCC(C8CCOCC8)C7)c7[nH]cnc67)cn5)CC4)C3)[C@H](c3ccccc3C(C)C)C2)cc1. The second-order valence-electron chi connectivity index (χ2n) is 23.7. The van der Waals surface area contributed by atoms with Crippen LogP contribution in [0.25, 0.3) is 16.9 Å². The molecule has 18 nitrogen and oxygen atoms in total. The van der Waals surface area contributed by atoms with Crippen LogP contribution in [0.2, 0.25) is 0 Å².